The summed E-state index contributed by atoms with van der Waals surface area (Å²) >= 11 is 1.74. The zero-order valence-corrected chi connectivity index (χ0v) is 17.3. The Morgan fingerprint density at radius 3 is 2.69 bits per heavy atom. The van der Waals surface area contributed by atoms with Gasteiger partial charge in [-0.1, -0.05) is 24.3 Å². The van der Waals surface area contributed by atoms with Crippen molar-refractivity contribution in [2.24, 2.45) is 0 Å². The Hall–Kier alpha value is -2.80. The van der Waals surface area contributed by atoms with E-state index in [-0.39, 0.29) is 30.6 Å². The first-order chi connectivity index (χ1) is 14.1. The van der Waals surface area contributed by atoms with Crippen LogP contribution in [0.5, 0.6) is 0 Å². The Labute approximate surface area is 175 Å². The summed E-state index contributed by atoms with van der Waals surface area (Å²) in [5, 5.41) is 5.58. The maximum absolute atomic E-state index is 12.6. The molecule has 2 aromatic carbocycles. The van der Waals surface area contributed by atoms with E-state index in [1.165, 1.54) is 0 Å². The minimum Gasteiger partial charge on any atom is -0.352 e. The maximum atomic E-state index is 12.6. The summed E-state index contributed by atoms with van der Waals surface area (Å²) in [6, 6.07) is 15.0. The lowest BCUT2D eigenvalue weighted by molar-refractivity contribution is -0.125. The number of rotatable bonds is 7. The zero-order valence-electron chi connectivity index (χ0n) is 16.4. The highest BCUT2D eigenvalue weighted by Crippen LogP contribution is 2.34. The molecule has 29 heavy (non-hydrogen) atoms. The van der Waals surface area contributed by atoms with Crippen LogP contribution in [-0.4, -0.2) is 36.6 Å². The smallest absolute Gasteiger partial charge is 0.251 e. The van der Waals surface area contributed by atoms with Crippen molar-refractivity contribution in [1.29, 1.82) is 0 Å². The van der Waals surface area contributed by atoms with Crippen molar-refractivity contribution >= 4 is 35.2 Å². The molecule has 7 heteroatoms. The first-order valence-corrected chi connectivity index (χ1v) is 10.7. The van der Waals surface area contributed by atoms with Crippen LogP contribution in [0.1, 0.15) is 35.7 Å². The summed E-state index contributed by atoms with van der Waals surface area (Å²) in [7, 11) is 0. The topological polar surface area (TPSA) is 78.5 Å². The van der Waals surface area contributed by atoms with Crippen LogP contribution in [0.25, 0.3) is 0 Å². The first-order valence-electron chi connectivity index (χ1n) is 9.74. The van der Waals surface area contributed by atoms with Gasteiger partial charge < -0.3 is 15.5 Å². The molecule has 0 fully saturated rings. The zero-order chi connectivity index (χ0) is 20.6. The molecule has 0 saturated carbocycles. The second kappa shape index (κ2) is 10.1. The van der Waals surface area contributed by atoms with Gasteiger partial charge in [0.2, 0.25) is 11.8 Å². The van der Waals surface area contributed by atoms with E-state index in [1.54, 1.807) is 34.9 Å². The number of nitrogens with one attached hydrogen (secondary N) is 2. The minimum absolute atomic E-state index is 0.0360. The fraction of sp³-hybridized carbons (Fsp3) is 0.318. The number of benzene rings is 2. The third kappa shape index (κ3) is 5.60. The van der Waals surface area contributed by atoms with Gasteiger partial charge in [0.15, 0.2) is 0 Å². The molecule has 0 atom stereocenters. The van der Waals surface area contributed by atoms with Gasteiger partial charge in [0.05, 0.1) is 5.69 Å². The summed E-state index contributed by atoms with van der Waals surface area (Å²) in [6.45, 7) is 3.41. The predicted octanol–water partition coefficient (Wildman–Crippen LogP) is 2.97. The quantitative estimate of drug-likeness (QED) is 0.734. The predicted molar refractivity (Wildman–Crippen MR) is 115 cm³/mol. The molecule has 0 spiro atoms. The van der Waals surface area contributed by atoms with E-state index in [9.17, 15) is 14.4 Å². The van der Waals surface area contributed by atoms with E-state index in [4.69, 9.17) is 0 Å². The Morgan fingerprint density at radius 1 is 1.03 bits per heavy atom. The molecule has 0 radical (unpaired) electrons. The summed E-state index contributed by atoms with van der Waals surface area (Å²) in [4.78, 5) is 39.6. The molecule has 0 aromatic heterocycles. The van der Waals surface area contributed by atoms with E-state index < -0.39 is 0 Å². The average Bonchev–Trinajstić information content (AvgIpc) is 2.76. The molecule has 2 aromatic rings. The standard InChI is InChI=1S/C22H25N3O3S/c1-2-23-22(28)17-7-5-6-16(14-17)15-24-20(26)10-11-21(27)25-12-13-29-19-9-4-3-8-18(19)25/h3-9,14H,2,10-13,15H2,1H3,(H,23,28)(H,24,26). The first kappa shape index (κ1) is 20.9. The van der Waals surface area contributed by atoms with Crippen molar-refractivity contribution in [3.05, 3.63) is 59.7 Å². The number of para-hydroxylation sites is 1. The number of carbonyl (C=O) groups is 3. The highest BCUT2D eigenvalue weighted by Gasteiger charge is 2.22. The number of nitrogens with zero attached hydrogens (tertiary/aromatic N) is 1. The third-order valence-electron chi connectivity index (χ3n) is 4.61. The van der Waals surface area contributed by atoms with Crippen LogP contribution < -0.4 is 15.5 Å². The van der Waals surface area contributed by atoms with Gasteiger partial charge in [0.1, 0.15) is 0 Å². The Morgan fingerprint density at radius 2 is 1.86 bits per heavy atom. The van der Waals surface area contributed by atoms with E-state index in [0.29, 0.717) is 25.2 Å². The van der Waals surface area contributed by atoms with Crippen LogP contribution in [0.2, 0.25) is 0 Å². The SMILES string of the molecule is CCNC(=O)c1cccc(CNC(=O)CCC(=O)N2CCSc3ccccc32)c1. The van der Waals surface area contributed by atoms with Crippen molar-refractivity contribution in [2.45, 2.75) is 31.2 Å². The highest BCUT2D eigenvalue weighted by atomic mass is 32.2. The molecular formula is C22H25N3O3S. The fourth-order valence-corrected chi connectivity index (χ4v) is 4.15. The molecule has 6 nitrogen and oxygen atoms in total. The normalized spacial score (nSPS) is 12.8. The molecule has 2 N–H and O–H groups in total. The molecule has 0 bridgehead atoms. The average molecular weight is 412 g/mol. The lowest BCUT2D eigenvalue weighted by Crippen LogP contribution is -2.36. The van der Waals surface area contributed by atoms with Crippen LogP contribution in [0.3, 0.4) is 0 Å². The van der Waals surface area contributed by atoms with E-state index in [2.05, 4.69) is 10.6 Å². The van der Waals surface area contributed by atoms with Gasteiger partial charge in [0.25, 0.3) is 5.91 Å². The highest BCUT2D eigenvalue weighted by molar-refractivity contribution is 7.99. The van der Waals surface area contributed by atoms with E-state index >= 15 is 0 Å². The molecule has 1 aliphatic heterocycles. The second-order valence-electron chi connectivity index (χ2n) is 6.70. The van der Waals surface area contributed by atoms with Gasteiger partial charge in [-0.05, 0) is 36.8 Å². The van der Waals surface area contributed by atoms with Gasteiger partial charge in [-0.2, -0.15) is 0 Å². The third-order valence-corrected chi connectivity index (χ3v) is 5.65. The van der Waals surface area contributed by atoms with Crippen LogP contribution in [0.15, 0.2) is 53.4 Å². The summed E-state index contributed by atoms with van der Waals surface area (Å²) in [5.41, 5.74) is 2.34. The lowest BCUT2D eigenvalue weighted by atomic mass is 10.1. The van der Waals surface area contributed by atoms with Crippen LogP contribution in [0.4, 0.5) is 5.69 Å². The number of hydrogen-bond acceptors (Lipinski definition) is 4. The molecule has 3 amide bonds. The monoisotopic (exact) mass is 411 g/mol. The van der Waals surface area contributed by atoms with Gasteiger partial charge >= 0.3 is 0 Å². The summed E-state index contributed by atoms with van der Waals surface area (Å²) < 4.78 is 0. The van der Waals surface area contributed by atoms with Gasteiger partial charge in [-0.25, -0.2) is 0 Å². The van der Waals surface area contributed by atoms with Gasteiger partial charge in [0, 0.05) is 48.7 Å². The van der Waals surface area contributed by atoms with Crippen molar-refractivity contribution in [3.8, 4) is 0 Å². The Kier molecular flexibility index (Phi) is 7.30. The van der Waals surface area contributed by atoms with E-state index in [1.807, 2.05) is 37.3 Å². The largest absolute Gasteiger partial charge is 0.352 e. The fourth-order valence-electron chi connectivity index (χ4n) is 3.16. The number of carbonyl (C=O) groups excluding carboxylic acids is 3. The molecule has 0 aliphatic carbocycles. The summed E-state index contributed by atoms with van der Waals surface area (Å²) in [5.74, 6) is 0.510. The number of anilines is 1. The van der Waals surface area contributed by atoms with Gasteiger partial charge in [-0.15, -0.1) is 11.8 Å². The number of hydrogen-bond donors (Lipinski definition) is 2. The molecule has 1 aliphatic rings. The molecule has 3 rings (SSSR count). The Balaban J connectivity index is 1.49. The van der Waals surface area contributed by atoms with Crippen molar-refractivity contribution in [2.75, 3.05) is 23.7 Å². The second-order valence-corrected chi connectivity index (χ2v) is 7.83. The van der Waals surface area contributed by atoms with Crippen molar-refractivity contribution in [1.82, 2.24) is 10.6 Å². The Bertz CT molecular complexity index is 900. The molecule has 0 unspecified atom stereocenters. The number of fused-ring (bicyclic) bond motifs is 1. The van der Waals surface area contributed by atoms with E-state index in [0.717, 1.165) is 21.9 Å². The van der Waals surface area contributed by atoms with Crippen molar-refractivity contribution < 1.29 is 14.4 Å². The molecule has 1 heterocycles. The van der Waals surface area contributed by atoms with Crippen LogP contribution >= 0.6 is 11.8 Å². The van der Waals surface area contributed by atoms with Crippen LogP contribution in [-0.2, 0) is 16.1 Å². The lowest BCUT2D eigenvalue weighted by Gasteiger charge is -2.29. The number of amides is 3. The molecular weight excluding hydrogens is 386 g/mol. The van der Waals surface area contributed by atoms with Gasteiger partial charge in [-0.3, -0.25) is 14.4 Å². The summed E-state index contributed by atoms with van der Waals surface area (Å²) in [6.07, 6.45) is 0.310. The number of thioether (sulfide) groups is 1. The van der Waals surface area contributed by atoms with Crippen molar-refractivity contribution in [3.63, 3.8) is 0 Å². The molecule has 152 valence electrons. The van der Waals surface area contributed by atoms with Crippen LogP contribution in [0, 0.1) is 0 Å². The molecule has 0 saturated heterocycles. The maximum Gasteiger partial charge on any atom is 0.251 e. The minimum atomic E-state index is -0.179.